The van der Waals surface area contributed by atoms with Gasteiger partial charge in [-0.05, 0) is 55.7 Å². The molecule has 0 bridgehead atoms. The maximum atomic E-state index is 13.9. The number of nitrogens with one attached hydrogen (secondary N) is 1. The summed E-state index contributed by atoms with van der Waals surface area (Å²) in [7, 11) is -3.50. The highest BCUT2D eigenvalue weighted by Crippen LogP contribution is 2.37. The summed E-state index contributed by atoms with van der Waals surface area (Å²) in [5, 5.41) is 7.00. The van der Waals surface area contributed by atoms with Gasteiger partial charge in [0.2, 0.25) is 15.9 Å². The molecule has 0 aliphatic carbocycles. The van der Waals surface area contributed by atoms with Gasteiger partial charge in [-0.25, -0.2) is 8.42 Å². The minimum Gasteiger partial charge on any atom is -0.343 e. The number of nitrogens with zero attached hydrogens (tertiary/aromatic N) is 5. The van der Waals surface area contributed by atoms with E-state index in [1.54, 1.807) is 6.92 Å². The van der Waals surface area contributed by atoms with Gasteiger partial charge in [0, 0.05) is 81.5 Å². The molecule has 0 spiro atoms. The number of sulfonamides is 1. The van der Waals surface area contributed by atoms with Crippen molar-refractivity contribution in [3.8, 4) is 11.3 Å². The third kappa shape index (κ3) is 8.03. The first-order valence-electron chi connectivity index (χ1n) is 15.5. The molecule has 248 valence electrons. The fourth-order valence-corrected chi connectivity index (χ4v) is 7.86. The average molecular weight is 671 g/mol. The van der Waals surface area contributed by atoms with Gasteiger partial charge in [0.05, 0.1) is 17.5 Å². The monoisotopic (exact) mass is 670 g/mol. The van der Waals surface area contributed by atoms with Crippen molar-refractivity contribution in [2.45, 2.75) is 77.3 Å². The van der Waals surface area contributed by atoms with Crippen LogP contribution in [0.4, 0.5) is 18.0 Å². The normalized spacial score (nSPS) is 18.9. The highest BCUT2D eigenvalue weighted by atomic mass is 32.2. The molecule has 1 aromatic carbocycles. The number of carbonyl (C=O) groups is 2. The fraction of sp³-hybridized carbons (Fsp3) is 0.633. The van der Waals surface area contributed by atoms with E-state index in [1.165, 1.54) is 16.4 Å². The molecule has 2 saturated heterocycles. The Hall–Kier alpha value is -2.62. The van der Waals surface area contributed by atoms with Crippen LogP contribution in [0.5, 0.6) is 0 Å². The van der Waals surface area contributed by atoms with Crippen molar-refractivity contribution >= 4 is 32.9 Å². The van der Waals surface area contributed by atoms with E-state index in [1.807, 2.05) is 9.58 Å². The van der Waals surface area contributed by atoms with E-state index in [9.17, 15) is 31.2 Å². The minimum absolute atomic E-state index is 0.0804. The standard InChI is InChI=1S/C30H41F3N6O4S2/c1-3-44-29(41)34-19-22-18-21(7-8-25(22)30(31,32)33)28-24-20-37(45(2,42)43)17-11-26(24)39(35-28)14-5-12-36-15-9-23(10-16-36)38-13-4-6-27(38)40/h7-8,18,23H,3-6,9-17,19-20H2,1-2H3,(H,34,41). The summed E-state index contributed by atoms with van der Waals surface area (Å²) in [5.41, 5.74) is 1.57. The van der Waals surface area contributed by atoms with Crippen LogP contribution in [0.15, 0.2) is 18.2 Å². The Labute approximate surface area is 266 Å². The third-order valence-electron chi connectivity index (χ3n) is 8.90. The molecule has 0 saturated carbocycles. The first-order chi connectivity index (χ1) is 21.3. The molecule has 4 heterocycles. The number of rotatable bonds is 10. The van der Waals surface area contributed by atoms with Crippen molar-refractivity contribution in [1.29, 1.82) is 0 Å². The fourth-order valence-electron chi connectivity index (χ4n) is 6.63. The number of hydrogen-bond donors (Lipinski definition) is 1. The van der Waals surface area contributed by atoms with Crippen LogP contribution in [0.2, 0.25) is 0 Å². The summed E-state index contributed by atoms with van der Waals surface area (Å²) in [4.78, 5) is 28.6. The molecule has 1 N–H and O–H groups in total. The van der Waals surface area contributed by atoms with Crippen LogP contribution in [-0.4, -0.2) is 94.2 Å². The first kappa shape index (κ1) is 33.7. The largest absolute Gasteiger partial charge is 0.416 e. The van der Waals surface area contributed by atoms with Gasteiger partial charge in [0.15, 0.2) is 0 Å². The Morgan fingerprint density at radius 2 is 1.87 bits per heavy atom. The van der Waals surface area contributed by atoms with Gasteiger partial charge in [-0.2, -0.15) is 22.6 Å². The van der Waals surface area contributed by atoms with Gasteiger partial charge >= 0.3 is 6.18 Å². The van der Waals surface area contributed by atoms with E-state index in [4.69, 9.17) is 5.10 Å². The lowest BCUT2D eigenvalue weighted by Gasteiger charge is -2.36. The zero-order valence-corrected chi connectivity index (χ0v) is 27.4. The van der Waals surface area contributed by atoms with Crippen molar-refractivity contribution in [3.63, 3.8) is 0 Å². The van der Waals surface area contributed by atoms with Crippen molar-refractivity contribution < 1.29 is 31.2 Å². The highest BCUT2D eigenvalue weighted by Gasteiger charge is 2.35. The topological polar surface area (TPSA) is 108 Å². The van der Waals surface area contributed by atoms with E-state index >= 15 is 0 Å². The first-order valence-corrected chi connectivity index (χ1v) is 18.3. The average Bonchev–Trinajstić information content (AvgIpc) is 3.58. The van der Waals surface area contributed by atoms with Crippen LogP contribution >= 0.6 is 11.8 Å². The number of halogens is 3. The maximum Gasteiger partial charge on any atom is 0.416 e. The summed E-state index contributed by atoms with van der Waals surface area (Å²) >= 11 is 0.984. The van der Waals surface area contributed by atoms with Crippen LogP contribution in [-0.2, 0) is 47.0 Å². The Bertz CT molecular complexity index is 1510. The molecule has 2 amide bonds. The number of hydrogen-bond acceptors (Lipinski definition) is 7. The van der Waals surface area contributed by atoms with E-state index in [-0.39, 0.29) is 24.6 Å². The van der Waals surface area contributed by atoms with Gasteiger partial charge in [-0.3, -0.25) is 14.3 Å². The molecule has 0 atom stereocenters. The molecule has 15 heteroatoms. The number of benzene rings is 1. The number of aromatic nitrogens is 2. The Balaban J connectivity index is 1.35. The van der Waals surface area contributed by atoms with Crippen LogP contribution in [0.3, 0.4) is 0 Å². The lowest BCUT2D eigenvalue weighted by molar-refractivity contribution is -0.138. The number of thioether (sulfide) groups is 1. The Morgan fingerprint density at radius 3 is 2.51 bits per heavy atom. The molecule has 2 fully saturated rings. The number of likely N-dealkylation sites (tertiary alicyclic amines) is 2. The summed E-state index contributed by atoms with van der Waals surface area (Å²) in [6.45, 7) is 6.01. The molecule has 3 aliphatic heterocycles. The maximum absolute atomic E-state index is 13.9. The Morgan fingerprint density at radius 1 is 1.11 bits per heavy atom. The van der Waals surface area contributed by atoms with Gasteiger partial charge in [-0.1, -0.05) is 24.8 Å². The van der Waals surface area contributed by atoms with Crippen LogP contribution in [0.25, 0.3) is 11.3 Å². The molecule has 0 radical (unpaired) electrons. The van der Waals surface area contributed by atoms with Crippen molar-refractivity contribution in [2.75, 3.05) is 44.7 Å². The third-order valence-corrected chi connectivity index (χ3v) is 10.8. The zero-order chi connectivity index (χ0) is 32.4. The predicted molar refractivity (Wildman–Crippen MR) is 167 cm³/mol. The summed E-state index contributed by atoms with van der Waals surface area (Å²) in [6.07, 6.45) is 1.31. The summed E-state index contributed by atoms with van der Waals surface area (Å²) in [6, 6.07) is 4.10. The van der Waals surface area contributed by atoms with Crippen molar-refractivity contribution in [3.05, 3.63) is 40.6 Å². The van der Waals surface area contributed by atoms with E-state index < -0.39 is 27.0 Å². The highest BCUT2D eigenvalue weighted by molar-refractivity contribution is 8.13. The minimum atomic E-state index is -4.61. The number of aryl methyl sites for hydroxylation is 1. The van der Waals surface area contributed by atoms with Crippen molar-refractivity contribution in [2.24, 2.45) is 0 Å². The van der Waals surface area contributed by atoms with Crippen molar-refractivity contribution in [1.82, 2.24) is 29.2 Å². The number of fused-ring (bicyclic) bond motifs is 1. The van der Waals surface area contributed by atoms with Gasteiger partial charge in [-0.15, -0.1) is 0 Å². The number of alkyl halides is 3. The molecule has 45 heavy (non-hydrogen) atoms. The Kier molecular flexibility index (Phi) is 10.5. The molecule has 1 aromatic heterocycles. The molecular weight excluding hydrogens is 629 g/mol. The van der Waals surface area contributed by atoms with Crippen LogP contribution in [0, 0.1) is 0 Å². The van der Waals surface area contributed by atoms with E-state index in [2.05, 4.69) is 10.2 Å². The second-order valence-electron chi connectivity index (χ2n) is 11.9. The second-order valence-corrected chi connectivity index (χ2v) is 15.1. The van der Waals surface area contributed by atoms with Gasteiger partial charge < -0.3 is 15.1 Å². The van der Waals surface area contributed by atoms with E-state index in [0.717, 1.165) is 81.6 Å². The quantitative estimate of drug-likeness (QED) is 0.401. The smallest absolute Gasteiger partial charge is 0.343 e. The molecule has 5 rings (SSSR count). The summed E-state index contributed by atoms with van der Waals surface area (Å²) < 4.78 is 69.8. The molecule has 2 aromatic rings. The molecular formula is C30H41F3N6O4S2. The second kappa shape index (κ2) is 14.0. The lowest BCUT2D eigenvalue weighted by atomic mass is 9.97. The number of amides is 2. The molecule has 0 unspecified atom stereocenters. The zero-order valence-electron chi connectivity index (χ0n) is 25.7. The SMILES string of the molecule is CCSC(=O)NCc1cc(-c2nn(CCCN3CCC(N4CCCC4=O)CC3)c3c2CN(S(C)(=O)=O)CC3)ccc1C(F)(F)F. The number of piperidine rings is 1. The van der Waals surface area contributed by atoms with E-state index in [0.29, 0.717) is 54.5 Å². The predicted octanol–water partition coefficient (Wildman–Crippen LogP) is 4.33. The van der Waals surface area contributed by atoms with Crippen LogP contribution in [0.1, 0.15) is 61.4 Å². The van der Waals surface area contributed by atoms with Crippen LogP contribution < -0.4 is 5.32 Å². The molecule has 10 nitrogen and oxygen atoms in total. The lowest BCUT2D eigenvalue weighted by Crippen LogP contribution is -2.45. The van der Waals surface area contributed by atoms with Gasteiger partial charge in [0.25, 0.3) is 5.24 Å². The molecule has 3 aliphatic rings. The van der Waals surface area contributed by atoms with Gasteiger partial charge in [0.1, 0.15) is 0 Å². The number of carbonyl (C=O) groups excluding carboxylic acids is 2. The summed E-state index contributed by atoms with van der Waals surface area (Å²) in [5.74, 6) is 0.763.